The van der Waals surface area contributed by atoms with Gasteiger partial charge in [-0.25, -0.2) is 0 Å². The van der Waals surface area contributed by atoms with Crippen LogP contribution in [0, 0.1) is 11.8 Å². The summed E-state index contributed by atoms with van der Waals surface area (Å²) in [4.78, 5) is 11.8. The number of aliphatic carboxylic acids is 1. The summed E-state index contributed by atoms with van der Waals surface area (Å²) >= 11 is 2.84. The van der Waals surface area contributed by atoms with Crippen LogP contribution in [0.3, 0.4) is 0 Å². The van der Waals surface area contributed by atoms with E-state index >= 15 is 0 Å². The highest BCUT2D eigenvalue weighted by Gasteiger charge is 2.19. The molecule has 1 unspecified atom stereocenters. The number of carbonyl (C=O) groups is 1. The van der Waals surface area contributed by atoms with Crippen molar-refractivity contribution in [1.29, 1.82) is 0 Å². The molecule has 0 bridgehead atoms. The molecule has 0 fully saturated rings. The van der Waals surface area contributed by atoms with Gasteiger partial charge in [-0.05, 0) is 23.3 Å². The van der Waals surface area contributed by atoms with Crippen LogP contribution >= 0.6 is 23.1 Å². The highest BCUT2D eigenvalue weighted by molar-refractivity contribution is 7.99. The Morgan fingerprint density at radius 2 is 2.19 bits per heavy atom. The molecular formula is C14H19N3O2S2. The van der Waals surface area contributed by atoms with E-state index in [9.17, 15) is 4.79 Å². The lowest BCUT2D eigenvalue weighted by Crippen LogP contribution is -2.15. The second-order valence-electron chi connectivity index (χ2n) is 5.30. The molecule has 0 radical (unpaired) electrons. The lowest BCUT2D eigenvalue weighted by molar-refractivity contribution is -0.133. The number of hydrogen-bond donors (Lipinski definition) is 1. The van der Waals surface area contributed by atoms with Crippen LogP contribution < -0.4 is 0 Å². The number of hydrogen-bond acceptors (Lipinski definition) is 5. The normalized spacial score (nSPS) is 12.8. The molecular weight excluding hydrogens is 306 g/mol. The molecule has 0 aliphatic rings. The van der Waals surface area contributed by atoms with Crippen LogP contribution in [0.1, 0.15) is 20.8 Å². The summed E-state index contributed by atoms with van der Waals surface area (Å²) in [5.41, 5.74) is 0. The largest absolute Gasteiger partial charge is 0.481 e. The number of rotatable bonds is 7. The molecule has 114 valence electrons. The molecule has 7 heteroatoms. The topological polar surface area (TPSA) is 68.0 Å². The van der Waals surface area contributed by atoms with E-state index in [4.69, 9.17) is 5.11 Å². The van der Waals surface area contributed by atoms with Gasteiger partial charge in [-0.1, -0.05) is 38.6 Å². The molecule has 0 aliphatic carbocycles. The summed E-state index contributed by atoms with van der Waals surface area (Å²) in [5, 5.41) is 20.0. The molecule has 2 aromatic rings. The Balaban J connectivity index is 2.30. The van der Waals surface area contributed by atoms with E-state index in [1.807, 2.05) is 22.1 Å². The third kappa shape index (κ3) is 4.07. The van der Waals surface area contributed by atoms with E-state index in [1.165, 1.54) is 11.8 Å². The minimum absolute atomic E-state index is 0.00136. The van der Waals surface area contributed by atoms with Crippen molar-refractivity contribution in [3.05, 3.63) is 17.5 Å². The van der Waals surface area contributed by atoms with Gasteiger partial charge in [0.2, 0.25) is 0 Å². The van der Waals surface area contributed by atoms with E-state index in [0.717, 1.165) is 17.2 Å². The second-order valence-corrected chi connectivity index (χ2v) is 7.19. The first-order valence-corrected chi connectivity index (χ1v) is 8.67. The fourth-order valence-electron chi connectivity index (χ4n) is 1.77. The molecule has 1 atom stereocenters. The molecule has 21 heavy (non-hydrogen) atoms. The maximum absolute atomic E-state index is 10.8. The number of carboxylic acid groups (broad SMARTS) is 1. The molecule has 1 N–H and O–H groups in total. The van der Waals surface area contributed by atoms with Crippen LogP contribution in [0.25, 0.3) is 10.7 Å². The zero-order valence-electron chi connectivity index (χ0n) is 12.3. The predicted octanol–water partition coefficient (Wildman–Crippen LogP) is 3.48. The maximum atomic E-state index is 10.8. The van der Waals surface area contributed by atoms with E-state index < -0.39 is 5.97 Å². The zero-order valence-corrected chi connectivity index (χ0v) is 13.9. The Bertz CT molecular complexity index is 593. The van der Waals surface area contributed by atoms with Gasteiger partial charge in [0.1, 0.15) is 0 Å². The fourth-order valence-corrected chi connectivity index (χ4v) is 3.16. The van der Waals surface area contributed by atoms with E-state index in [1.54, 1.807) is 11.3 Å². The van der Waals surface area contributed by atoms with Crippen molar-refractivity contribution in [3.63, 3.8) is 0 Å². The third-order valence-electron chi connectivity index (χ3n) is 3.39. The second kappa shape index (κ2) is 7.09. The van der Waals surface area contributed by atoms with Crippen LogP contribution in [0.15, 0.2) is 22.7 Å². The van der Waals surface area contributed by atoms with Crippen LogP contribution in [-0.2, 0) is 11.3 Å². The molecule has 0 amide bonds. The third-order valence-corrected chi connectivity index (χ3v) is 5.21. The number of nitrogens with zero attached hydrogens (tertiary/aromatic N) is 3. The van der Waals surface area contributed by atoms with Crippen molar-refractivity contribution in [3.8, 4) is 10.7 Å². The first kappa shape index (κ1) is 16.0. The Morgan fingerprint density at radius 3 is 2.76 bits per heavy atom. The minimum Gasteiger partial charge on any atom is -0.481 e. The molecule has 0 saturated carbocycles. The monoisotopic (exact) mass is 325 g/mol. The Hall–Kier alpha value is -1.34. The van der Waals surface area contributed by atoms with Crippen molar-refractivity contribution in [2.24, 2.45) is 11.8 Å². The van der Waals surface area contributed by atoms with Crippen molar-refractivity contribution < 1.29 is 9.90 Å². The molecule has 2 aromatic heterocycles. The zero-order chi connectivity index (χ0) is 15.4. The molecule has 2 rings (SSSR count). The SMILES string of the molecule is CC(C)C(C)Cn1c(SCC(=O)O)nnc1-c1cccs1. The van der Waals surface area contributed by atoms with Gasteiger partial charge in [0.15, 0.2) is 11.0 Å². The quantitative estimate of drug-likeness (QED) is 0.789. The van der Waals surface area contributed by atoms with Gasteiger partial charge in [-0.15, -0.1) is 21.5 Å². The van der Waals surface area contributed by atoms with Crippen LogP contribution in [0.2, 0.25) is 0 Å². The van der Waals surface area contributed by atoms with Gasteiger partial charge in [-0.2, -0.15) is 0 Å². The van der Waals surface area contributed by atoms with Crippen LogP contribution in [0.4, 0.5) is 0 Å². The summed E-state index contributed by atoms with van der Waals surface area (Å²) in [6.45, 7) is 7.35. The lowest BCUT2D eigenvalue weighted by atomic mass is 9.98. The number of thiophene rings is 1. The summed E-state index contributed by atoms with van der Waals surface area (Å²) in [6.07, 6.45) is 0. The van der Waals surface area contributed by atoms with Crippen molar-refractivity contribution in [2.75, 3.05) is 5.75 Å². The van der Waals surface area contributed by atoms with Gasteiger partial charge in [0, 0.05) is 6.54 Å². The predicted molar refractivity (Wildman–Crippen MR) is 85.7 cm³/mol. The highest BCUT2D eigenvalue weighted by atomic mass is 32.2. The first-order chi connectivity index (χ1) is 9.99. The summed E-state index contributed by atoms with van der Waals surface area (Å²) in [5.74, 6) is 0.984. The van der Waals surface area contributed by atoms with Gasteiger partial charge < -0.3 is 9.67 Å². The molecule has 5 nitrogen and oxygen atoms in total. The van der Waals surface area contributed by atoms with E-state index in [-0.39, 0.29) is 5.75 Å². The fraction of sp³-hybridized carbons (Fsp3) is 0.500. The minimum atomic E-state index is -0.843. The van der Waals surface area contributed by atoms with Crippen molar-refractivity contribution in [2.45, 2.75) is 32.5 Å². The van der Waals surface area contributed by atoms with E-state index in [0.29, 0.717) is 17.0 Å². The van der Waals surface area contributed by atoms with Crippen LogP contribution in [0.5, 0.6) is 0 Å². The smallest absolute Gasteiger partial charge is 0.313 e. The highest BCUT2D eigenvalue weighted by Crippen LogP contribution is 2.29. The lowest BCUT2D eigenvalue weighted by Gasteiger charge is -2.18. The van der Waals surface area contributed by atoms with Gasteiger partial charge >= 0.3 is 5.97 Å². The number of thioether (sulfide) groups is 1. The molecule has 2 heterocycles. The molecule has 0 aliphatic heterocycles. The maximum Gasteiger partial charge on any atom is 0.313 e. The summed E-state index contributed by atoms with van der Waals surface area (Å²) < 4.78 is 2.05. The Kier molecular flexibility index (Phi) is 5.41. The van der Waals surface area contributed by atoms with Gasteiger partial charge in [-0.3, -0.25) is 4.79 Å². The Morgan fingerprint density at radius 1 is 1.43 bits per heavy atom. The average Bonchev–Trinajstić information content (AvgIpc) is 3.05. The summed E-state index contributed by atoms with van der Waals surface area (Å²) in [7, 11) is 0. The number of aromatic nitrogens is 3. The standard InChI is InChI=1S/C14H19N3O2S2/c1-9(2)10(3)7-17-13(11-5-4-6-20-11)15-16-14(17)21-8-12(18)19/h4-6,9-10H,7-8H2,1-3H3,(H,18,19). The Labute approximate surface area is 132 Å². The molecule has 0 spiro atoms. The number of carboxylic acids is 1. The molecule has 0 saturated heterocycles. The van der Waals surface area contributed by atoms with E-state index in [2.05, 4.69) is 31.0 Å². The van der Waals surface area contributed by atoms with Crippen molar-refractivity contribution >= 4 is 29.1 Å². The first-order valence-electron chi connectivity index (χ1n) is 6.80. The van der Waals surface area contributed by atoms with Gasteiger partial charge in [0.25, 0.3) is 0 Å². The molecule has 0 aromatic carbocycles. The average molecular weight is 325 g/mol. The summed E-state index contributed by atoms with van der Waals surface area (Å²) in [6, 6.07) is 3.99. The van der Waals surface area contributed by atoms with Crippen molar-refractivity contribution in [1.82, 2.24) is 14.8 Å². The van der Waals surface area contributed by atoms with Crippen LogP contribution in [-0.4, -0.2) is 31.6 Å². The van der Waals surface area contributed by atoms with Gasteiger partial charge in [0.05, 0.1) is 10.6 Å².